The second kappa shape index (κ2) is 4.82. The van der Waals surface area contributed by atoms with Gasteiger partial charge in [0.15, 0.2) is 0 Å². The van der Waals surface area contributed by atoms with Crippen molar-refractivity contribution in [3.63, 3.8) is 0 Å². The summed E-state index contributed by atoms with van der Waals surface area (Å²) >= 11 is 3.47. The Morgan fingerprint density at radius 2 is 2.23 bits per heavy atom. The van der Waals surface area contributed by atoms with E-state index in [-0.39, 0.29) is 0 Å². The largest absolute Gasteiger partial charge is 0.466 e. The number of furan rings is 1. The zero-order chi connectivity index (χ0) is 9.84. The Labute approximate surface area is 87.8 Å². The van der Waals surface area contributed by atoms with Crippen LogP contribution in [0.4, 0.5) is 0 Å². The van der Waals surface area contributed by atoms with E-state index >= 15 is 0 Å². The van der Waals surface area contributed by atoms with Gasteiger partial charge in [-0.25, -0.2) is 0 Å². The molecule has 0 aliphatic carbocycles. The second-order valence-corrected chi connectivity index (χ2v) is 4.27. The van der Waals surface area contributed by atoms with E-state index in [1.165, 1.54) is 0 Å². The maximum Gasteiger partial charge on any atom is 0.135 e. The van der Waals surface area contributed by atoms with Gasteiger partial charge in [-0.05, 0) is 34.5 Å². The minimum atomic E-state index is 0.300. The standard InChI is InChI=1S/C10H16BrNO/c1-4-12-9(7(2)3)10-8(11)5-6-13-10/h5-7,9,12H,4H2,1-3H3. The van der Waals surface area contributed by atoms with Crippen molar-refractivity contribution < 1.29 is 4.42 Å². The Morgan fingerprint density at radius 1 is 1.54 bits per heavy atom. The fourth-order valence-electron chi connectivity index (χ4n) is 1.38. The summed E-state index contributed by atoms with van der Waals surface area (Å²) in [4.78, 5) is 0. The molecule has 3 heteroatoms. The van der Waals surface area contributed by atoms with Gasteiger partial charge in [-0.15, -0.1) is 0 Å². The lowest BCUT2D eigenvalue weighted by Gasteiger charge is -2.19. The Bertz CT molecular complexity index is 257. The first-order valence-corrected chi connectivity index (χ1v) is 5.42. The highest BCUT2D eigenvalue weighted by molar-refractivity contribution is 9.10. The summed E-state index contributed by atoms with van der Waals surface area (Å²) in [7, 11) is 0. The van der Waals surface area contributed by atoms with Crippen molar-refractivity contribution in [1.82, 2.24) is 5.32 Å². The third-order valence-electron chi connectivity index (χ3n) is 2.02. The molecule has 0 aromatic carbocycles. The highest BCUT2D eigenvalue weighted by Crippen LogP contribution is 2.29. The molecule has 0 saturated heterocycles. The first-order valence-electron chi connectivity index (χ1n) is 4.63. The molecule has 0 amide bonds. The van der Waals surface area contributed by atoms with E-state index in [0.717, 1.165) is 16.8 Å². The number of halogens is 1. The smallest absolute Gasteiger partial charge is 0.135 e. The zero-order valence-corrected chi connectivity index (χ0v) is 9.89. The van der Waals surface area contributed by atoms with Crippen LogP contribution < -0.4 is 5.32 Å². The van der Waals surface area contributed by atoms with Gasteiger partial charge in [0, 0.05) is 0 Å². The molecule has 0 radical (unpaired) electrons. The SMILES string of the molecule is CCNC(c1occc1Br)C(C)C. The quantitative estimate of drug-likeness (QED) is 0.881. The number of hydrogen-bond acceptors (Lipinski definition) is 2. The van der Waals surface area contributed by atoms with E-state index < -0.39 is 0 Å². The van der Waals surface area contributed by atoms with Gasteiger partial charge in [0.05, 0.1) is 16.8 Å². The molecular weight excluding hydrogens is 230 g/mol. The molecule has 74 valence electrons. The van der Waals surface area contributed by atoms with Crippen LogP contribution in [0.1, 0.15) is 32.6 Å². The van der Waals surface area contributed by atoms with Crippen LogP contribution in [0.2, 0.25) is 0 Å². The fourth-order valence-corrected chi connectivity index (χ4v) is 1.83. The Hall–Kier alpha value is -0.280. The van der Waals surface area contributed by atoms with Crippen LogP contribution in [-0.2, 0) is 0 Å². The van der Waals surface area contributed by atoms with Gasteiger partial charge in [-0.1, -0.05) is 20.8 Å². The normalized spacial score (nSPS) is 13.6. The highest BCUT2D eigenvalue weighted by Gasteiger charge is 2.19. The van der Waals surface area contributed by atoms with Crippen LogP contribution in [0.3, 0.4) is 0 Å². The summed E-state index contributed by atoms with van der Waals surface area (Å²) in [6.45, 7) is 7.42. The summed E-state index contributed by atoms with van der Waals surface area (Å²) in [5.41, 5.74) is 0. The molecule has 0 aliphatic heterocycles. The van der Waals surface area contributed by atoms with Gasteiger partial charge in [0.2, 0.25) is 0 Å². The lowest BCUT2D eigenvalue weighted by molar-refractivity contribution is 0.345. The lowest BCUT2D eigenvalue weighted by Crippen LogP contribution is -2.25. The molecule has 1 N–H and O–H groups in total. The third-order valence-corrected chi connectivity index (χ3v) is 2.67. The van der Waals surface area contributed by atoms with Crippen molar-refractivity contribution in [2.24, 2.45) is 5.92 Å². The van der Waals surface area contributed by atoms with Gasteiger partial charge < -0.3 is 9.73 Å². The summed E-state index contributed by atoms with van der Waals surface area (Å²) in [6.07, 6.45) is 1.71. The molecule has 0 fully saturated rings. The van der Waals surface area contributed by atoms with Crippen LogP contribution in [0, 0.1) is 5.92 Å². The van der Waals surface area contributed by atoms with Crippen LogP contribution in [-0.4, -0.2) is 6.54 Å². The van der Waals surface area contributed by atoms with Gasteiger partial charge in [-0.3, -0.25) is 0 Å². The summed E-state index contributed by atoms with van der Waals surface area (Å²) in [5.74, 6) is 1.53. The fraction of sp³-hybridized carbons (Fsp3) is 0.600. The minimum absolute atomic E-state index is 0.300. The van der Waals surface area contributed by atoms with E-state index in [1.54, 1.807) is 6.26 Å². The van der Waals surface area contributed by atoms with E-state index in [0.29, 0.717) is 12.0 Å². The molecule has 1 aromatic heterocycles. The molecule has 13 heavy (non-hydrogen) atoms. The zero-order valence-electron chi connectivity index (χ0n) is 8.30. The molecule has 0 aliphatic rings. The Morgan fingerprint density at radius 3 is 2.62 bits per heavy atom. The molecule has 1 rings (SSSR count). The molecule has 1 aromatic rings. The van der Waals surface area contributed by atoms with Gasteiger partial charge in [0.25, 0.3) is 0 Å². The molecule has 1 heterocycles. The predicted molar refractivity (Wildman–Crippen MR) is 57.7 cm³/mol. The first kappa shape index (κ1) is 10.8. The lowest BCUT2D eigenvalue weighted by atomic mass is 10.0. The maximum absolute atomic E-state index is 5.43. The number of nitrogens with one attached hydrogen (secondary N) is 1. The second-order valence-electron chi connectivity index (χ2n) is 3.41. The average molecular weight is 246 g/mol. The van der Waals surface area contributed by atoms with Gasteiger partial charge in [-0.2, -0.15) is 0 Å². The molecule has 0 bridgehead atoms. The topological polar surface area (TPSA) is 25.2 Å². The van der Waals surface area contributed by atoms with E-state index in [4.69, 9.17) is 4.42 Å². The highest BCUT2D eigenvalue weighted by atomic mass is 79.9. The number of rotatable bonds is 4. The average Bonchev–Trinajstić information content (AvgIpc) is 2.47. The molecule has 0 saturated carbocycles. The third kappa shape index (κ3) is 2.58. The van der Waals surface area contributed by atoms with E-state index in [9.17, 15) is 0 Å². The monoisotopic (exact) mass is 245 g/mol. The Kier molecular flexibility index (Phi) is 4.00. The summed E-state index contributed by atoms with van der Waals surface area (Å²) < 4.78 is 6.48. The molecular formula is C10H16BrNO. The molecule has 1 unspecified atom stereocenters. The van der Waals surface area contributed by atoms with Crippen molar-refractivity contribution >= 4 is 15.9 Å². The number of hydrogen-bond donors (Lipinski definition) is 1. The van der Waals surface area contributed by atoms with Crippen LogP contribution in [0.15, 0.2) is 21.2 Å². The van der Waals surface area contributed by atoms with Gasteiger partial charge in [0.1, 0.15) is 5.76 Å². The van der Waals surface area contributed by atoms with Crippen LogP contribution in [0.5, 0.6) is 0 Å². The van der Waals surface area contributed by atoms with E-state index in [1.807, 2.05) is 6.07 Å². The van der Waals surface area contributed by atoms with Crippen LogP contribution >= 0.6 is 15.9 Å². The molecule has 2 nitrogen and oxygen atoms in total. The van der Waals surface area contributed by atoms with Crippen molar-refractivity contribution in [1.29, 1.82) is 0 Å². The summed E-state index contributed by atoms with van der Waals surface area (Å²) in [6, 6.07) is 2.23. The van der Waals surface area contributed by atoms with Crippen molar-refractivity contribution in [2.45, 2.75) is 26.8 Å². The summed E-state index contributed by atoms with van der Waals surface area (Å²) in [5, 5.41) is 3.40. The predicted octanol–water partition coefficient (Wildman–Crippen LogP) is 3.35. The van der Waals surface area contributed by atoms with Crippen molar-refractivity contribution in [3.8, 4) is 0 Å². The van der Waals surface area contributed by atoms with Crippen molar-refractivity contribution in [2.75, 3.05) is 6.54 Å². The minimum Gasteiger partial charge on any atom is -0.466 e. The van der Waals surface area contributed by atoms with E-state index in [2.05, 4.69) is 42.0 Å². The van der Waals surface area contributed by atoms with Crippen molar-refractivity contribution in [3.05, 3.63) is 22.6 Å². The Balaban J connectivity index is 2.82. The van der Waals surface area contributed by atoms with Crippen LogP contribution in [0.25, 0.3) is 0 Å². The van der Waals surface area contributed by atoms with Gasteiger partial charge >= 0.3 is 0 Å². The molecule has 0 spiro atoms. The molecule has 1 atom stereocenters. The maximum atomic E-state index is 5.43. The first-order chi connectivity index (χ1) is 6.16.